The zero-order valence-corrected chi connectivity index (χ0v) is 15.6. The number of aromatic nitrogens is 4. The Morgan fingerprint density at radius 2 is 1.96 bits per heavy atom. The Morgan fingerprint density at radius 3 is 2.82 bits per heavy atom. The highest BCUT2D eigenvalue weighted by Gasteiger charge is 2.27. The number of nitrogens with zero attached hydrogens (tertiary/aromatic N) is 3. The number of fused-ring (bicyclic) bond motifs is 1. The number of rotatable bonds is 4. The number of carbonyl (C=O) groups is 1. The number of carbonyl (C=O) groups excluding carboxylic acids is 1. The predicted octanol–water partition coefficient (Wildman–Crippen LogP) is 4.80. The fourth-order valence-corrected chi connectivity index (χ4v) is 3.28. The molecule has 1 aliphatic rings. The Morgan fingerprint density at radius 1 is 1.07 bits per heavy atom. The van der Waals surface area contributed by atoms with Crippen molar-refractivity contribution in [3.8, 4) is 11.4 Å². The van der Waals surface area contributed by atoms with Crippen LogP contribution in [0.5, 0.6) is 0 Å². The van der Waals surface area contributed by atoms with E-state index in [0.717, 1.165) is 35.1 Å². The van der Waals surface area contributed by atoms with Crippen LogP contribution in [0.25, 0.3) is 22.3 Å². The van der Waals surface area contributed by atoms with Gasteiger partial charge in [-0.2, -0.15) is 5.10 Å². The fraction of sp³-hybridized carbons (Fsp3) is 0.143. The zero-order valence-electron chi connectivity index (χ0n) is 14.8. The summed E-state index contributed by atoms with van der Waals surface area (Å²) in [5, 5.41) is 11.5. The number of H-pyrrole nitrogens is 1. The summed E-state index contributed by atoms with van der Waals surface area (Å²) in [7, 11) is 0. The molecule has 2 aromatic heterocycles. The van der Waals surface area contributed by atoms with E-state index < -0.39 is 0 Å². The number of pyridine rings is 1. The SMILES string of the molecule is O=C(Nc1cccc(-c2n[nH]c(C3CC3)n2)c1)c1ccc2nc(Cl)ccc2c1. The highest BCUT2D eigenvalue weighted by Crippen LogP contribution is 2.38. The van der Waals surface area contributed by atoms with Crippen molar-refractivity contribution in [2.45, 2.75) is 18.8 Å². The lowest BCUT2D eigenvalue weighted by Crippen LogP contribution is -2.11. The average Bonchev–Trinajstić information content (AvgIpc) is 3.44. The summed E-state index contributed by atoms with van der Waals surface area (Å²) in [6.07, 6.45) is 2.33. The van der Waals surface area contributed by atoms with Crippen molar-refractivity contribution in [3.05, 3.63) is 71.1 Å². The number of anilines is 1. The Hall–Kier alpha value is -3.25. The highest BCUT2D eigenvalue weighted by atomic mass is 35.5. The van der Waals surface area contributed by atoms with Gasteiger partial charge in [-0.3, -0.25) is 9.89 Å². The minimum Gasteiger partial charge on any atom is -0.322 e. The van der Waals surface area contributed by atoms with E-state index in [-0.39, 0.29) is 5.91 Å². The third kappa shape index (κ3) is 3.34. The van der Waals surface area contributed by atoms with E-state index in [0.29, 0.717) is 28.1 Å². The molecule has 5 rings (SSSR count). The van der Waals surface area contributed by atoms with Gasteiger partial charge in [-0.25, -0.2) is 9.97 Å². The molecule has 0 bridgehead atoms. The van der Waals surface area contributed by atoms with Crippen molar-refractivity contribution in [3.63, 3.8) is 0 Å². The van der Waals surface area contributed by atoms with Gasteiger partial charge in [0.15, 0.2) is 5.82 Å². The topological polar surface area (TPSA) is 83.6 Å². The molecule has 0 spiro atoms. The smallest absolute Gasteiger partial charge is 0.255 e. The molecule has 0 unspecified atom stereocenters. The van der Waals surface area contributed by atoms with Crippen LogP contribution in [0.1, 0.15) is 34.9 Å². The minimum atomic E-state index is -0.192. The number of halogens is 1. The first kappa shape index (κ1) is 16.9. The van der Waals surface area contributed by atoms with E-state index >= 15 is 0 Å². The summed E-state index contributed by atoms with van der Waals surface area (Å²) in [5.41, 5.74) is 2.85. The van der Waals surface area contributed by atoms with Crippen LogP contribution in [0.2, 0.25) is 5.15 Å². The third-order valence-corrected chi connectivity index (χ3v) is 4.97. The molecule has 28 heavy (non-hydrogen) atoms. The first-order valence-electron chi connectivity index (χ1n) is 9.06. The van der Waals surface area contributed by atoms with Crippen LogP contribution in [-0.4, -0.2) is 26.1 Å². The standard InChI is InChI=1S/C21H16ClN5O/c22-18-9-7-13-10-15(6-8-17(13)24-18)21(28)23-16-3-1-2-14(11-16)20-25-19(26-27-20)12-4-5-12/h1-3,6-12H,4-5H2,(H,23,28)(H,25,26,27). The van der Waals surface area contributed by atoms with Crippen molar-refractivity contribution in [2.75, 3.05) is 5.32 Å². The molecule has 0 atom stereocenters. The Kier molecular flexibility index (Phi) is 4.06. The van der Waals surface area contributed by atoms with E-state index in [1.165, 1.54) is 0 Å². The number of nitrogens with one attached hydrogen (secondary N) is 2. The Labute approximate surface area is 166 Å². The van der Waals surface area contributed by atoms with Gasteiger partial charge in [0.2, 0.25) is 0 Å². The van der Waals surface area contributed by atoms with Gasteiger partial charge in [0.05, 0.1) is 5.52 Å². The van der Waals surface area contributed by atoms with E-state index in [2.05, 4.69) is 25.5 Å². The number of benzene rings is 2. The number of hydrogen-bond donors (Lipinski definition) is 2. The van der Waals surface area contributed by atoms with Gasteiger partial charge in [-0.15, -0.1) is 0 Å². The van der Waals surface area contributed by atoms with E-state index in [1.54, 1.807) is 24.3 Å². The van der Waals surface area contributed by atoms with Crippen LogP contribution in [-0.2, 0) is 0 Å². The summed E-state index contributed by atoms with van der Waals surface area (Å²) < 4.78 is 0. The first-order chi connectivity index (χ1) is 13.7. The molecule has 2 heterocycles. The molecule has 4 aromatic rings. The Bertz CT molecular complexity index is 1200. The summed E-state index contributed by atoms with van der Waals surface area (Å²) in [6, 6.07) is 16.4. The van der Waals surface area contributed by atoms with Gasteiger partial charge in [-0.1, -0.05) is 23.7 Å². The second-order valence-corrected chi connectivity index (χ2v) is 7.28. The van der Waals surface area contributed by atoms with Gasteiger partial charge in [-0.05, 0) is 55.3 Å². The number of aromatic amines is 1. The van der Waals surface area contributed by atoms with Crippen molar-refractivity contribution in [1.82, 2.24) is 20.2 Å². The lowest BCUT2D eigenvalue weighted by Gasteiger charge is -2.07. The van der Waals surface area contributed by atoms with Crippen LogP contribution < -0.4 is 5.32 Å². The summed E-state index contributed by atoms with van der Waals surface area (Å²) in [4.78, 5) is 21.5. The molecule has 1 aliphatic carbocycles. The number of hydrogen-bond acceptors (Lipinski definition) is 4. The molecule has 7 heteroatoms. The molecule has 138 valence electrons. The lowest BCUT2D eigenvalue weighted by molar-refractivity contribution is 0.102. The average molecular weight is 390 g/mol. The maximum Gasteiger partial charge on any atom is 0.255 e. The molecular weight excluding hydrogens is 374 g/mol. The van der Waals surface area contributed by atoms with Gasteiger partial charge >= 0.3 is 0 Å². The van der Waals surface area contributed by atoms with Crippen LogP contribution in [0.4, 0.5) is 5.69 Å². The van der Waals surface area contributed by atoms with Crippen molar-refractivity contribution in [1.29, 1.82) is 0 Å². The zero-order chi connectivity index (χ0) is 19.1. The fourth-order valence-electron chi connectivity index (χ4n) is 3.12. The Balaban J connectivity index is 1.38. The van der Waals surface area contributed by atoms with Crippen molar-refractivity contribution in [2.24, 2.45) is 0 Å². The molecule has 2 aromatic carbocycles. The molecule has 0 saturated heterocycles. The van der Waals surface area contributed by atoms with Crippen LogP contribution in [0.3, 0.4) is 0 Å². The van der Waals surface area contributed by atoms with Crippen molar-refractivity contribution >= 4 is 34.1 Å². The molecule has 1 amide bonds. The largest absolute Gasteiger partial charge is 0.322 e. The van der Waals surface area contributed by atoms with Gasteiger partial charge in [0, 0.05) is 28.1 Å². The molecule has 0 aliphatic heterocycles. The van der Waals surface area contributed by atoms with Crippen LogP contribution in [0.15, 0.2) is 54.6 Å². The molecule has 1 saturated carbocycles. The third-order valence-electron chi connectivity index (χ3n) is 4.76. The monoisotopic (exact) mass is 389 g/mol. The lowest BCUT2D eigenvalue weighted by atomic mass is 10.1. The summed E-state index contributed by atoms with van der Waals surface area (Å²) in [6.45, 7) is 0. The molecular formula is C21H16ClN5O. The van der Waals surface area contributed by atoms with Crippen LogP contribution >= 0.6 is 11.6 Å². The van der Waals surface area contributed by atoms with Gasteiger partial charge in [0.1, 0.15) is 11.0 Å². The minimum absolute atomic E-state index is 0.192. The summed E-state index contributed by atoms with van der Waals surface area (Å²) >= 11 is 5.91. The molecule has 6 nitrogen and oxygen atoms in total. The van der Waals surface area contributed by atoms with E-state index in [9.17, 15) is 4.79 Å². The maximum absolute atomic E-state index is 12.7. The maximum atomic E-state index is 12.7. The number of amides is 1. The normalized spacial score (nSPS) is 13.6. The molecule has 2 N–H and O–H groups in total. The first-order valence-corrected chi connectivity index (χ1v) is 9.44. The van der Waals surface area contributed by atoms with Gasteiger partial charge in [0.25, 0.3) is 5.91 Å². The summed E-state index contributed by atoms with van der Waals surface area (Å²) in [5.74, 6) is 1.91. The van der Waals surface area contributed by atoms with E-state index in [4.69, 9.17) is 11.6 Å². The van der Waals surface area contributed by atoms with Crippen LogP contribution in [0, 0.1) is 0 Å². The molecule has 1 fully saturated rings. The van der Waals surface area contributed by atoms with Crippen molar-refractivity contribution < 1.29 is 4.79 Å². The van der Waals surface area contributed by atoms with E-state index in [1.807, 2.05) is 30.3 Å². The quantitative estimate of drug-likeness (QED) is 0.491. The second-order valence-electron chi connectivity index (χ2n) is 6.89. The highest BCUT2D eigenvalue weighted by molar-refractivity contribution is 6.29. The molecule has 0 radical (unpaired) electrons. The predicted molar refractivity (Wildman–Crippen MR) is 108 cm³/mol. The second kappa shape index (κ2) is 6.73. The van der Waals surface area contributed by atoms with Gasteiger partial charge < -0.3 is 5.32 Å².